The molecule has 0 aliphatic carbocycles. The summed E-state index contributed by atoms with van der Waals surface area (Å²) in [5.74, 6) is 0.366. The normalized spacial score (nSPS) is 19.4. The van der Waals surface area contributed by atoms with Crippen LogP contribution in [0.1, 0.15) is 27.2 Å². The fourth-order valence-electron chi connectivity index (χ4n) is 4.59. The molecule has 2 N–H and O–H groups in total. The number of anilines is 3. The first kappa shape index (κ1) is 21.9. The quantitative estimate of drug-likeness (QED) is 0.609. The number of nitrogens with zero attached hydrogens (tertiary/aromatic N) is 5. The molecule has 2 bridgehead atoms. The third-order valence-electron chi connectivity index (χ3n) is 5.98. The molecule has 2 aliphatic heterocycles. The van der Waals surface area contributed by atoms with E-state index in [9.17, 15) is 9.59 Å². The number of hydrogen-bond acceptors (Lipinski definition) is 7. The van der Waals surface area contributed by atoms with Crippen LogP contribution in [-0.2, 0) is 4.74 Å². The predicted octanol–water partition coefficient (Wildman–Crippen LogP) is 3.87. The Bertz CT molecular complexity index is 1230. The Morgan fingerprint density at radius 2 is 1.88 bits per heavy atom. The SMILES string of the molecule is CC(C)(C)OC(=O)N1C[C@@H]2C[C@H]1CN2c1ccc2c(NC(=O)Nc3cnccn3)ccnc2c1. The minimum atomic E-state index is -0.500. The summed E-state index contributed by atoms with van der Waals surface area (Å²) in [6.45, 7) is 7.06. The van der Waals surface area contributed by atoms with Gasteiger partial charge >= 0.3 is 12.1 Å². The fourth-order valence-corrected chi connectivity index (χ4v) is 4.59. The Morgan fingerprint density at radius 1 is 1.03 bits per heavy atom. The summed E-state index contributed by atoms with van der Waals surface area (Å²) in [5, 5.41) is 6.35. The maximum Gasteiger partial charge on any atom is 0.410 e. The highest BCUT2D eigenvalue weighted by atomic mass is 16.6. The van der Waals surface area contributed by atoms with E-state index in [0.29, 0.717) is 18.1 Å². The number of urea groups is 1. The summed E-state index contributed by atoms with van der Waals surface area (Å²) in [6.07, 6.45) is 6.88. The molecule has 2 saturated heterocycles. The molecule has 34 heavy (non-hydrogen) atoms. The number of piperazine rings is 1. The van der Waals surface area contributed by atoms with E-state index < -0.39 is 11.6 Å². The maximum atomic E-state index is 12.5. The van der Waals surface area contributed by atoms with Crippen molar-refractivity contribution < 1.29 is 14.3 Å². The smallest absolute Gasteiger partial charge is 0.410 e. The number of aromatic nitrogens is 3. The van der Waals surface area contributed by atoms with Crippen LogP contribution >= 0.6 is 0 Å². The van der Waals surface area contributed by atoms with Gasteiger partial charge in [0.05, 0.1) is 23.4 Å². The molecule has 2 aromatic heterocycles. The first-order chi connectivity index (χ1) is 16.3. The average molecular weight is 462 g/mol. The molecule has 1 aromatic carbocycles. The lowest BCUT2D eigenvalue weighted by Gasteiger charge is -2.36. The third-order valence-corrected chi connectivity index (χ3v) is 5.98. The summed E-state index contributed by atoms with van der Waals surface area (Å²) in [6, 6.07) is 7.77. The molecule has 3 aromatic rings. The van der Waals surface area contributed by atoms with Gasteiger partial charge in [-0.1, -0.05) is 0 Å². The van der Waals surface area contributed by atoms with E-state index >= 15 is 0 Å². The number of hydrogen-bond donors (Lipinski definition) is 2. The van der Waals surface area contributed by atoms with Gasteiger partial charge in [0.1, 0.15) is 5.60 Å². The van der Waals surface area contributed by atoms with E-state index in [1.165, 1.54) is 18.6 Å². The Morgan fingerprint density at radius 3 is 2.59 bits per heavy atom. The molecule has 2 atom stereocenters. The van der Waals surface area contributed by atoms with Gasteiger partial charge in [0.2, 0.25) is 0 Å². The van der Waals surface area contributed by atoms with Crippen molar-refractivity contribution in [3.8, 4) is 0 Å². The highest BCUT2D eigenvalue weighted by Crippen LogP contribution is 2.37. The van der Waals surface area contributed by atoms with Gasteiger partial charge in [-0.05, 0) is 51.5 Å². The number of ether oxygens (including phenoxy) is 1. The Balaban J connectivity index is 1.29. The Hall–Kier alpha value is -3.95. The number of carbonyl (C=O) groups excluding carboxylic acids is 2. The molecule has 2 aliphatic rings. The largest absolute Gasteiger partial charge is 0.444 e. The maximum absolute atomic E-state index is 12.5. The van der Waals surface area contributed by atoms with Gasteiger partial charge in [0.25, 0.3) is 0 Å². The molecule has 0 saturated carbocycles. The van der Waals surface area contributed by atoms with Crippen LogP contribution in [-0.4, -0.2) is 62.8 Å². The van der Waals surface area contributed by atoms with Crippen LogP contribution < -0.4 is 15.5 Å². The van der Waals surface area contributed by atoms with Crippen LogP contribution in [0.3, 0.4) is 0 Å². The summed E-state index contributed by atoms with van der Waals surface area (Å²) < 4.78 is 5.57. The second-order valence-corrected chi connectivity index (χ2v) is 9.56. The topological polar surface area (TPSA) is 113 Å². The van der Waals surface area contributed by atoms with E-state index in [1.54, 1.807) is 12.3 Å². The highest BCUT2D eigenvalue weighted by Gasteiger charge is 2.46. The average Bonchev–Trinajstić information content (AvgIpc) is 3.40. The molecule has 0 radical (unpaired) electrons. The molecular weight excluding hydrogens is 434 g/mol. The molecule has 10 nitrogen and oxygen atoms in total. The van der Waals surface area contributed by atoms with E-state index in [1.807, 2.05) is 43.9 Å². The van der Waals surface area contributed by atoms with Gasteiger partial charge in [-0.3, -0.25) is 15.3 Å². The fraction of sp³-hybridized carbons (Fsp3) is 0.375. The number of amides is 3. The van der Waals surface area contributed by atoms with E-state index in [2.05, 4.69) is 30.5 Å². The number of rotatable bonds is 3. The van der Waals surface area contributed by atoms with Crippen molar-refractivity contribution >= 4 is 40.2 Å². The van der Waals surface area contributed by atoms with Gasteiger partial charge in [-0.25, -0.2) is 14.6 Å². The lowest BCUT2D eigenvalue weighted by molar-refractivity contribution is 0.0214. The number of pyridine rings is 1. The minimum Gasteiger partial charge on any atom is -0.444 e. The minimum absolute atomic E-state index is 0.140. The van der Waals surface area contributed by atoms with Crippen molar-refractivity contribution in [1.29, 1.82) is 0 Å². The summed E-state index contributed by atoms with van der Waals surface area (Å²) >= 11 is 0. The molecule has 0 unspecified atom stereocenters. The summed E-state index contributed by atoms with van der Waals surface area (Å²) in [7, 11) is 0. The van der Waals surface area contributed by atoms with E-state index in [0.717, 1.165) is 29.6 Å². The number of likely N-dealkylation sites (tertiary alicyclic amines) is 1. The van der Waals surface area contributed by atoms with Crippen molar-refractivity contribution in [2.75, 3.05) is 28.6 Å². The van der Waals surface area contributed by atoms with Crippen molar-refractivity contribution in [3.05, 3.63) is 49.1 Å². The zero-order chi connectivity index (χ0) is 23.9. The summed E-state index contributed by atoms with van der Waals surface area (Å²) in [4.78, 5) is 41.6. The van der Waals surface area contributed by atoms with Crippen LogP contribution in [0.15, 0.2) is 49.1 Å². The molecule has 0 spiro atoms. The van der Waals surface area contributed by atoms with Crippen LogP contribution in [0, 0.1) is 0 Å². The monoisotopic (exact) mass is 461 g/mol. The van der Waals surface area contributed by atoms with Crippen molar-refractivity contribution in [2.24, 2.45) is 0 Å². The highest BCUT2D eigenvalue weighted by molar-refractivity contribution is 6.05. The molecule has 5 rings (SSSR count). The Labute approximate surface area is 197 Å². The number of nitrogens with one attached hydrogen (secondary N) is 2. The molecule has 4 heterocycles. The molecule has 3 amide bonds. The molecule has 2 fully saturated rings. The second kappa shape index (κ2) is 8.44. The van der Waals surface area contributed by atoms with Crippen LogP contribution in [0.2, 0.25) is 0 Å². The molecular formula is C24H27N7O3. The third kappa shape index (κ3) is 4.43. The lowest BCUT2D eigenvalue weighted by Crippen LogP contribution is -2.50. The summed E-state index contributed by atoms with van der Waals surface area (Å²) in [5.41, 5.74) is 1.98. The predicted molar refractivity (Wildman–Crippen MR) is 129 cm³/mol. The van der Waals surface area contributed by atoms with Crippen molar-refractivity contribution in [1.82, 2.24) is 19.9 Å². The van der Waals surface area contributed by atoms with Crippen LogP contribution in [0.4, 0.5) is 26.8 Å². The van der Waals surface area contributed by atoms with Crippen molar-refractivity contribution in [2.45, 2.75) is 44.9 Å². The number of fused-ring (bicyclic) bond motifs is 3. The van der Waals surface area contributed by atoms with Crippen LogP contribution in [0.5, 0.6) is 0 Å². The van der Waals surface area contributed by atoms with E-state index in [4.69, 9.17) is 4.74 Å². The van der Waals surface area contributed by atoms with Gasteiger partial charge in [-0.15, -0.1) is 0 Å². The van der Waals surface area contributed by atoms with Gasteiger partial charge in [0.15, 0.2) is 5.82 Å². The zero-order valence-corrected chi connectivity index (χ0v) is 19.4. The molecule has 10 heteroatoms. The van der Waals surface area contributed by atoms with Crippen molar-refractivity contribution in [3.63, 3.8) is 0 Å². The van der Waals surface area contributed by atoms with Crippen LogP contribution in [0.25, 0.3) is 10.9 Å². The lowest BCUT2D eigenvalue weighted by atomic mass is 10.1. The van der Waals surface area contributed by atoms with Gasteiger partial charge < -0.3 is 19.9 Å². The van der Waals surface area contributed by atoms with E-state index in [-0.39, 0.29) is 18.2 Å². The number of benzene rings is 1. The standard InChI is InChI=1S/C24H27N7O3/c1-24(2,3)34-23(33)31-14-16-10-17(31)13-30(16)15-4-5-18-19(6-7-26-20(18)11-15)28-22(32)29-21-12-25-8-9-27-21/h4-9,11-12,16-17H,10,13-14H2,1-3H3,(H2,26,27,28,29,32)/t16-,17-/m0/s1. The second-order valence-electron chi connectivity index (χ2n) is 9.56. The van der Waals surface area contributed by atoms with Gasteiger partial charge in [0, 0.05) is 48.8 Å². The first-order valence-electron chi connectivity index (χ1n) is 11.3. The first-order valence-corrected chi connectivity index (χ1v) is 11.3. The molecule has 176 valence electrons. The zero-order valence-electron chi connectivity index (χ0n) is 19.4. The number of carbonyl (C=O) groups is 2. The Kier molecular flexibility index (Phi) is 5.43. The van der Waals surface area contributed by atoms with Gasteiger partial charge in [-0.2, -0.15) is 0 Å².